The van der Waals surface area contributed by atoms with Gasteiger partial charge in [-0.15, -0.1) is 0 Å². The van der Waals surface area contributed by atoms with Crippen LogP contribution in [0.5, 0.6) is 0 Å². The topological polar surface area (TPSA) is 119 Å². The number of nitrogens with one attached hydrogen (secondary N) is 2. The van der Waals surface area contributed by atoms with E-state index >= 15 is 0 Å². The van der Waals surface area contributed by atoms with Gasteiger partial charge >= 0.3 is 5.97 Å². The van der Waals surface area contributed by atoms with Crippen LogP contribution in [0.2, 0.25) is 0 Å². The predicted molar refractivity (Wildman–Crippen MR) is 217 cm³/mol. The summed E-state index contributed by atoms with van der Waals surface area (Å²) in [4.78, 5) is 56.9. The molecule has 0 spiro atoms. The molecule has 0 radical (unpaired) electrons. The molecule has 4 aromatic rings. The van der Waals surface area contributed by atoms with Crippen LogP contribution >= 0.6 is 0 Å². The second kappa shape index (κ2) is 16.5. The average molecular weight is 757 g/mol. The number of aryl methyl sites for hydroxylation is 1. The SMILES string of the molecule is CCOC(=O)/C=C/c1ccc(NC(=O)C2(NC(=O)c3ccc4c(C5CCCCC5)c(-c5ccccc5)n5c4c3CCC5C(=O)N3CCOCC3)CCCC2)cc1. The van der Waals surface area contributed by atoms with Gasteiger partial charge in [0.15, 0.2) is 0 Å². The van der Waals surface area contributed by atoms with E-state index in [4.69, 9.17) is 9.47 Å². The van der Waals surface area contributed by atoms with E-state index in [1.54, 1.807) is 25.1 Å². The van der Waals surface area contributed by atoms with E-state index in [1.165, 1.54) is 30.9 Å². The van der Waals surface area contributed by atoms with Gasteiger partial charge in [-0.2, -0.15) is 0 Å². The molecule has 2 aliphatic heterocycles. The average Bonchev–Trinajstić information content (AvgIpc) is 3.86. The minimum absolute atomic E-state index is 0.114. The summed E-state index contributed by atoms with van der Waals surface area (Å²) in [5, 5.41) is 7.46. The molecule has 2 aliphatic carbocycles. The van der Waals surface area contributed by atoms with Crippen molar-refractivity contribution in [3.05, 3.63) is 95.1 Å². The lowest BCUT2D eigenvalue weighted by Gasteiger charge is -2.35. The first kappa shape index (κ1) is 37.7. The highest BCUT2D eigenvalue weighted by molar-refractivity contribution is 6.08. The summed E-state index contributed by atoms with van der Waals surface area (Å²) in [7, 11) is 0. The van der Waals surface area contributed by atoms with Gasteiger partial charge in [-0.05, 0) is 97.9 Å². The molecule has 292 valence electrons. The number of carbonyl (C=O) groups is 4. The Balaban J connectivity index is 1.15. The van der Waals surface area contributed by atoms with Crippen LogP contribution < -0.4 is 10.6 Å². The summed E-state index contributed by atoms with van der Waals surface area (Å²) in [6.07, 6.45) is 12.7. The first-order chi connectivity index (χ1) is 27.4. The Kier molecular flexibility index (Phi) is 11.1. The summed E-state index contributed by atoms with van der Waals surface area (Å²) < 4.78 is 12.9. The second-order valence-electron chi connectivity index (χ2n) is 15.7. The van der Waals surface area contributed by atoms with E-state index in [1.807, 2.05) is 29.2 Å². The summed E-state index contributed by atoms with van der Waals surface area (Å²) in [5.41, 5.74) is 6.34. The number of benzene rings is 3. The molecule has 2 saturated carbocycles. The maximum Gasteiger partial charge on any atom is 0.330 e. The van der Waals surface area contributed by atoms with Gasteiger partial charge in [-0.3, -0.25) is 14.4 Å². The molecule has 10 nitrogen and oxygen atoms in total. The second-order valence-corrected chi connectivity index (χ2v) is 15.7. The van der Waals surface area contributed by atoms with Crippen LogP contribution in [0.25, 0.3) is 28.2 Å². The van der Waals surface area contributed by atoms with E-state index in [2.05, 4.69) is 45.5 Å². The minimum Gasteiger partial charge on any atom is -0.463 e. The lowest BCUT2D eigenvalue weighted by molar-refractivity contribution is -0.139. The van der Waals surface area contributed by atoms with Crippen molar-refractivity contribution in [2.45, 2.75) is 95.1 Å². The molecule has 3 amide bonds. The minimum atomic E-state index is -1.06. The monoisotopic (exact) mass is 756 g/mol. The number of rotatable bonds is 10. The molecule has 3 heterocycles. The van der Waals surface area contributed by atoms with Gasteiger partial charge in [0.2, 0.25) is 11.8 Å². The Morgan fingerprint density at radius 3 is 2.32 bits per heavy atom. The van der Waals surface area contributed by atoms with Crippen LogP contribution in [0.4, 0.5) is 5.69 Å². The van der Waals surface area contributed by atoms with Gasteiger partial charge in [0.1, 0.15) is 11.6 Å². The summed E-state index contributed by atoms with van der Waals surface area (Å²) >= 11 is 0. The quantitative estimate of drug-likeness (QED) is 0.125. The third-order valence-corrected chi connectivity index (χ3v) is 12.3. The molecule has 4 aliphatic rings. The third kappa shape index (κ3) is 7.39. The number of morpholine rings is 1. The number of esters is 1. The number of aromatic nitrogens is 1. The molecule has 8 rings (SSSR count). The molecule has 56 heavy (non-hydrogen) atoms. The molecule has 1 unspecified atom stereocenters. The number of hydrogen-bond acceptors (Lipinski definition) is 6. The van der Waals surface area contributed by atoms with Gasteiger partial charge in [0, 0.05) is 35.8 Å². The summed E-state index contributed by atoms with van der Waals surface area (Å²) in [6, 6.07) is 21.4. The number of ether oxygens (including phenoxy) is 2. The highest BCUT2D eigenvalue weighted by Crippen LogP contribution is 2.49. The van der Waals surface area contributed by atoms with Crippen molar-refractivity contribution < 1.29 is 28.7 Å². The van der Waals surface area contributed by atoms with Crippen LogP contribution in [0.1, 0.15) is 110 Å². The van der Waals surface area contributed by atoms with Gasteiger partial charge in [-0.25, -0.2) is 4.79 Å². The fraction of sp³-hybridized carbons (Fsp3) is 0.435. The maximum absolute atomic E-state index is 14.6. The normalized spacial score (nSPS) is 19.6. The third-order valence-electron chi connectivity index (χ3n) is 12.3. The van der Waals surface area contributed by atoms with E-state index in [-0.39, 0.29) is 17.7 Å². The molecule has 1 aromatic heterocycles. The molecule has 3 aromatic carbocycles. The Morgan fingerprint density at radius 2 is 1.61 bits per heavy atom. The fourth-order valence-electron chi connectivity index (χ4n) is 9.56. The zero-order valence-electron chi connectivity index (χ0n) is 32.3. The van der Waals surface area contributed by atoms with Crippen molar-refractivity contribution in [1.29, 1.82) is 0 Å². The van der Waals surface area contributed by atoms with Crippen molar-refractivity contribution in [2.24, 2.45) is 0 Å². The zero-order chi connectivity index (χ0) is 38.6. The van der Waals surface area contributed by atoms with Gasteiger partial charge in [-0.1, -0.05) is 80.6 Å². The number of anilines is 1. The molecule has 0 bridgehead atoms. The highest BCUT2D eigenvalue weighted by atomic mass is 16.5. The van der Waals surface area contributed by atoms with E-state index < -0.39 is 17.6 Å². The van der Waals surface area contributed by atoms with Gasteiger partial charge in [0.25, 0.3) is 5.91 Å². The Hall–Kier alpha value is -5.22. The van der Waals surface area contributed by atoms with Crippen LogP contribution in [-0.2, 0) is 30.3 Å². The number of nitrogens with zero attached hydrogens (tertiary/aromatic N) is 2. The lowest BCUT2D eigenvalue weighted by atomic mass is 9.81. The van der Waals surface area contributed by atoms with E-state index in [9.17, 15) is 19.2 Å². The van der Waals surface area contributed by atoms with Crippen LogP contribution in [0.15, 0.2) is 72.8 Å². The molecule has 1 saturated heterocycles. The standard InChI is InChI=1S/C46H52N4O6/c1-2-56-39(51)24-17-31-15-18-34(19-16-31)47-45(54)46(25-9-10-26-46)48-43(52)36-20-21-37-40(32-11-5-3-6-12-32)41(33-13-7-4-8-14-33)50-38(23-22-35(36)42(37)50)44(53)49-27-29-55-30-28-49/h4,7-8,13-21,24,32,38H,2-3,5-6,9-12,22-23,25-30H2,1H3,(H,47,54)(H,48,52)/b24-17+. The number of amides is 3. The van der Waals surface area contributed by atoms with Crippen LogP contribution in [0.3, 0.4) is 0 Å². The predicted octanol–water partition coefficient (Wildman–Crippen LogP) is 7.96. The summed E-state index contributed by atoms with van der Waals surface area (Å²) in [6.45, 7) is 4.29. The van der Waals surface area contributed by atoms with Crippen molar-refractivity contribution >= 4 is 46.4 Å². The van der Waals surface area contributed by atoms with Gasteiger partial charge < -0.3 is 29.6 Å². The van der Waals surface area contributed by atoms with Crippen molar-refractivity contribution in [2.75, 3.05) is 38.2 Å². The molecular formula is C46H52N4O6. The molecule has 3 fully saturated rings. The van der Waals surface area contributed by atoms with Crippen molar-refractivity contribution in [3.63, 3.8) is 0 Å². The number of carbonyl (C=O) groups excluding carboxylic acids is 4. The summed E-state index contributed by atoms with van der Waals surface area (Å²) in [5.74, 6) is -0.431. The molecule has 2 N–H and O–H groups in total. The largest absolute Gasteiger partial charge is 0.463 e. The smallest absolute Gasteiger partial charge is 0.330 e. The fourth-order valence-corrected chi connectivity index (χ4v) is 9.56. The molecule has 1 atom stereocenters. The Morgan fingerprint density at radius 1 is 0.875 bits per heavy atom. The Labute approximate surface area is 328 Å². The van der Waals surface area contributed by atoms with Crippen molar-refractivity contribution in [3.8, 4) is 11.3 Å². The van der Waals surface area contributed by atoms with Crippen LogP contribution in [0, 0.1) is 0 Å². The maximum atomic E-state index is 14.6. The van der Waals surface area contributed by atoms with E-state index in [0.717, 1.165) is 59.0 Å². The molecular weight excluding hydrogens is 705 g/mol. The Bertz CT molecular complexity index is 2120. The van der Waals surface area contributed by atoms with Crippen LogP contribution in [-0.4, -0.2) is 71.6 Å². The zero-order valence-corrected chi connectivity index (χ0v) is 32.3. The van der Waals surface area contributed by atoms with Gasteiger partial charge in [0.05, 0.1) is 31.0 Å². The first-order valence-corrected chi connectivity index (χ1v) is 20.6. The van der Waals surface area contributed by atoms with E-state index in [0.29, 0.717) is 75.8 Å². The molecule has 10 heteroatoms. The first-order valence-electron chi connectivity index (χ1n) is 20.6. The number of hydrogen-bond donors (Lipinski definition) is 2. The van der Waals surface area contributed by atoms with Crippen molar-refractivity contribution in [1.82, 2.24) is 14.8 Å². The highest BCUT2D eigenvalue weighted by Gasteiger charge is 2.44. The lowest BCUT2D eigenvalue weighted by Crippen LogP contribution is -2.55.